The minimum Gasteiger partial charge on any atom is -0.496 e. The highest BCUT2D eigenvalue weighted by Crippen LogP contribution is 2.30. The number of piperidine rings is 1. The summed E-state index contributed by atoms with van der Waals surface area (Å²) in [5.41, 5.74) is 0.474. The maximum atomic E-state index is 12.9. The highest BCUT2D eigenvalue weighted by molar-refractivity contribution is 6.30. The molecule has 1 aliphatic rings. The Morgan fingerprint density at radius 1 is 1.22 bits per heavy atom. The molecule has 0 radical (unpaired) electrons. The number of aromatic nitrogens is 1. The molecule has 1 N–H and O–H groups in total. The Morgan fingerprint density at radius 3 is 2.56 bits per heavy atom. The van der Waals surface area contributed by atoms with Gasteiger partial charge in [0.05, 0.1) is 17.7 Å². The van der Waals surface area contributed by atoms with E-state index in [1.54, 1.807) is 13.3 Å². The Morgan fingerprint density at radius 2 is 1.93 bits per heavy atom. The normalized spacial score (nSPS) is 15.5. The number of nitrogens with zero attached hydrogens (tertiary/aromatic N) is 2. The molecule has 1 saturated heterocycles. The van der Waals surface area contributed by atoms with E-state index in [9.17, 15) is 4.79 Å². The number of benzene rings is 1. The maximum Gasteiger partial charge on any atom is 0.223 e. The van der Waals surface area contributed by atoms with Crippen molar-refractivity contribution in [2.45, 2.75) is 32.2 Å². The van der Waals surface area contributed by atoms with E-state index in [1.807, 2.05) is 50.2 Å². The second-order valence-corrected chi connectivity index (χ2v) is 7.85. The lowest BCUT2D eigenvalue weighted by Gasteiger charge is -2.35. The number of amides is 1. The van der Waals surface area contributed by atoms with Crippen LogP contribution in [-0.2, 0) is 10.3 Å². The molecule has 0 aliphatic carbocycles. The third kappa shape index (κ3) is 4.53. The molecule has 6 heteroatoms. The van der Waals surface area contributed by atoms with E-state index < -0.39 is 5.54 Å². The quantitative estimate of drug-likeness (QED) is 0.842. The van der Waals surface area contributed by atoms with Gasteiger partial charge in [0, 0.05) is 30.8 Å². The molecule has 3 rings (SSSR count). The van der Waals surface area contributed by atoms with Gasteiger partial charge < -0.3 is 15.0 Å². The van der Waals surface area contributed by atoms with Gasteiger partial charge in [-0.2, -0.15) is 0 Å². The maximum absolute atomic E-state index is 12.9. The number of rotatable bonds is 5. The molecule has 2 heterocycles. The topological polar surface area (TPSA) is 54.5 Å². The Hall–Kier alpha value is -2.27. The Kier molecular flexibility index (Phi) is 5.90. The first-order valence-electron chi connectivity index (χ1n) is 9.23. The predicted molar refractivity (Wildman–Crippen MR) is 108 cm³/mol. The number of anilines is 1. The van der Waals surface area contributed by atoms with Crippen LogP contribution in [0, 0.1) is 5.92 Å². The third-order valence-corrected chi connectivity index (χ3v) is 5.34. The van der Waals surface area contributed by atoms with Crippen LogP contribution in [0.2, 0.25) is 5.02 Å². The summed E-state index contributed by atoms with van der Waals surface area (Å²) in [7, 11) is 1.65. The number of hydrogen-bond acceptors (Lipinski definition) is 4. The first-order chi connectivity index (χ1) is 12.9. The molecule has 0 unspecified atom stereocenters. The summed E-state index contributed by atoms with van der Waals surface area (Å²) >= 11 is 5.91. The van der Waals surface area contributed by atoms with E-state index in [-0.39, 0.29) is 11.8 Å². The SMILES string of the molecule is COc1ccccc1C(C)(C)NC(=O)C1CCN(c2ccc(Cl)cn2)CC1. The van der Waals surface area contributed by atoms with Gasteiger partial charge in [0.2, 0.25) is 5.91 Å². The largest absolute Gasteiger partial charge is 0.496 e. The van der Waals surface area contributed by atoms with Crippen LogP contribution in [0.1, 0.15) is 32.3 Å². The van der Waals surface area contributed by atoms with E-state index in [0.29, 0.717) is 5.02 Å². The highest BCUT2D eigenvalue weighted by Gasteiger charge is 2.31. The molecule has 1 aliphatic heterocycles. The number of halogens is 1. The van der Waals surface area contributed by atoms with Gasteiger partial charge in [-0.1, -0.05) is 29.8 Å². The first-order valence-corrected chi connectivity index (χ1v) is 9.60. The van der Waals surface area contributed by atoms with Crippen molar-refractivity contribution in [1.29, 1.82) is 0 Å². The third-order valence-electron chi connectivity index (χ3n) is 5.12. The van der Waals surface area contributed by atoms with Crippen molar-refractivity contribution in [3.05, 3.63) is 53.2 Å². The summed E-state index contributed by atoms with van der Waals surface area (Å²) in [5.74, 6) is 1.79. The number of hydrogen-bond donors (Lipinski definition) is 1. The highest BCUT2D eigenvalue weighted by atomic mass is 35.5. The molecule has 1 aromatic heterocycles. The second-order valence-electron chi connectivity index (χ2n) is 7.41. The fraction of sp³-hybridized carbons (Fsp3) is 0.429. The van der Waals surface area contributed by atoms with Crippen LogP contribution in [0.5, 0.6) is 5.75 Å². The van der Waals surface area contributed by atoms with Gasteiger partial charge in [-0.05, 0) is 44.9 Å². The number of carbonyl (C=O) groups excluding carboxylic acids is 1. The molecule has 1 amide bonds. The average Bonchev–Trinajstić information content (AvgIpc) is 2.68. The molecule has 0 saturated carbocycles. The van der Waals surface area contributed by atoms with E-state index in [4.69, 9.17) is 16.3 Å². The van der Waals surface area contributed by atoms with Crippen LogP contribution >= 0.6 is 11.6 Å². The molecule has 27 heavy (non-hydrogen) atoms. The lowest BCUT2D eigenvalue weighted by atomic mass is 9.90. The molecule has 2 aromatic rings. The first kappa shape index (κ1) is 19.5. The predicted octanol–water partition coefficient (Wildman–Crippen LogP) is 4.01. The minimum absolute atomic E-state index is 0.00234. The monoisotopic (exact) mass is 387 g/mol. The summed E-state index contributed by atoms with van der Waals surface area (Å²) in [4.78, 5) is 19.4. The van der Waals surface area contributed by atoms with Crippen molar-refractivity contribution >= 4 is 23.3 Å². The molecule has 0 atom stereocenters. The number of ether oxygens (including phenoxy) is 1. The Labute approximate surface area is 165 Å². The molecule has 0 spiro atoms. The molecular formula is C21H26ClN3O2. The van der Waals surface area contributed by atoms with Crippen molar-refractivity contribution in [3.8, 4) is 5.75 Å². The van der Waals surface area contributed by atoms with Crippen LogP contribution < -0.4 is 15.0 Å². The summed E-state index contributed by atoms with van der Waals surface area (Å²) in [6.45, 7) is 5.63. The molecule has 0 bridgehead atoms. The van der Waals surface area contributed by atoms with Crippen LogP contribution in [-0.4, -0.2) is 31.1 Å². The number of carbonyl (C=O) groups is 1. The van der Waals surface area contributed by atoms with E-state index in [1.165, 1.54) is 0 Å². The fourth-order valence-electron chi connectivity index (χ4n) is 3.56. The van der Waals surface area contributed by atoms with Crippen LogP contribution in [0.3, 0.4) is 0 Å². The lowest BCUT2D eigenvalue weighted by Crippen LogP contribution is -2.47. The van der Waals surface area contributed by atoms with E-state index >= 15 is 0 Å². The van der Waals surface area contributed by atoms with Gasteiger partial charge >= 0.3 is 0 Å². The van der Waals surface area contributed by atoms with Crippen LogP contribution in [0.25, 0.3) is 0 Å². The van der Waals surface area contributed by atoms with Gasteiger partial charge in [0.25, 0.3) is 0 Å². The van der Waals surface area contributed by atoms with Gasteiger partial charge in [-0.15, -0.1) is 0 Å². The smallest absolute Gasteiger partial charge is 0.223 e. The summed E-state index contributed by atoms with van der Waals surface area (Å²) in [5, 5.41) is 3.84. The zero-order valence-corrected chi connectivity index (χ0v) is 16.8. The zero-order valence-electron chi connectivity index (χ0n) is 16.0. The van der Waals surface area contributed by atoms with E-state index in [2.05, 4.69) is 15.2 Å². The summed E-state index contributed by atoms with van der Waals surface area (Å²) in [6.07, 6.45) is 3.27. The number of pyridine rings is 1. The zero-order chi connectivity index (χ0) is 19.4. The molecular weight excluding hydrogens is 362 g/mol. The second kappa shape index (κ2) is 8.17. The Bertz CT molecular complexity index is 784. The van der Waals surface area contributed by atoms with Crippen LogP contribution in [0.4, 0.5) is 5.82 Å². The number of methoxy groups -OCH3 is 1. The van der Waals surface area contributed by atoms with Crippen molar-refractivity contribution in [1.82, 2.24) is 10.3 Å². The van der Waals surface area contributed by atoms with Crippen molar-refractivity contribution in [3.63, 3.8) is 0 Å². The number of para-hydroxylation sites is 1. The van der Waals surface area contributed by atoms with Gasteiger partial charge in [0.1, 0.15) is 11.6 Å². The van der Waals surface area contributed by atoms with Gasteiger partial charge in [0.15, 0.2) is 0 Å². The molecule has 144 valence electrons. The fourth-order valence-corrected chi connectivity index (χ4v) is 3.68. The van der Waals surface area contributed by atoms with Gasteiger partial charge in [-0.25, -0.2) is 4.98 Å². The van der Waals surface area contributed by atoms with Crippen molar-refractivity contribution in [2.75, 3.05) is 25.1 Å². The molecule has 1 fully saturated rings. The summed E-state index contributed by atoms with van der Waals surface area (Å²) < 4.78 is 5.46. The molecule has 1 aromatic carbocycles. The standard InChI is InChI=1S/C21H26ClN3O2/c1-21(2,17-6-4-5-7-18(17)27-3)24-20(26)15-10-12-25(13-11-15)19-9-8-16(22)14-23-19/h4-9,14-15H,10-13H2,1-3H3,(H,24,26). The van der Waals surface area contributed by atoms with Gasteiger partial charge in [-0.3, -0.25) is 4.79 Å². The van der Waals surface area contributed by atoms with Crippen molar-refractivity contribution in [2.24, 2.45) is 5.92 Å². The van der Waals surface area contributed by atoms with E-state index in [0.717, 1.165) is 43.1 Å². The Balaban J connectivity index is 1.61. The lowest BCUT2D eigenvalue weighted by molar-refractivity contribution is -0.127. The summed E-state index contributed by atoms with van der Waals surface area (Å²) in [6, 6.07) is 11.6. The number of nitrogens with one attached hydrogen (secondary N) is 1. The molecule has 5 nitrogen and oxygen atoms in total. The average molecular weight is 388 g/mol. The minimum atomic E-state index is -0.501. The van der Waals surface area contributed by atoms with Crippen molar-refractivity contribution < 1.29 is 9.53 Å². The van der Waals surface area contributed by atoms with Crippen LogP contribution in [0.15, 0.2) is 42.6 Å².